The van der Waals surface area contributed by atoms with Gasteiger partial charge >= 0.3 is 0 Å². The normalized spacial score (nSPS) is 23.8. The first-order valence-electron chi connectivity index (χ1n) is 12.5. The highest BCUT2D eigenvalue weighted by molar-refractivity contribution is 6.11. The van der Waals surface area contributed by atoms with Crippen molar-refractivity contribution in [2.45, 2.75) is 65.3 Å². The third-order valence-corrected chi connectivity index (χ3v) is 7.48. The number of piperidine rings is 1. The van der Waals surface area contributed by atoms with Gasteiger partial charge in [0.1, 0.15) is 23.2 Å². The highest BCUT2D eigenvalue weighted by atomic mass is 16.5. The van der Waals surface area contributed by atoms with Crippen molar-refractivity contribution < 1.29 is 14.4 Å². The highest BCUT2D eigenvalue weighted by Gasteiger charge is 2.35. The second-order valence-electron chi connectivity index (χ2n) is 9.95. The lowest BCUT2D eigenvalue weighted by molar-refractivity contribution is -0.917. The number of hydrogen-bond donors (Lipinski definition) is 1. The number of aryl methyl sites for hydroxylation is 1. The van der Waals surface area contributed by atoms with Crippen LogP contribution in [0.15, 0.2) is 40.6 Å². The van der Waals surface area contributed by atoms with Crippen LogP contribution >= 0.6 is 0 Å². The van der Waals surface area contributed by atoms with Gasteiger partial charge in [-0.3, -0.25) is 4.79 Å². The molecule has 3 heterocycles. The number of benzene rings is 1. The molecular weight excluding hydrogens is 398 g/mol. The number of anilines is 1. The zero-order valence-corrected chi connectivity index (χ0v) is 19.7. The van der Waals surface area contributed by atoms with Crippen molar-refractivity contribution in [2.24, 2.45) is 10.9 Å². The van der Waals surface area contributed by atoms with E-state index < -0.39 is 0 Å². The summed E-state index contributed by atoms with van der Waals surface area (Å²) in [6.07, 6.45) is 10.9. The average molecular weight is 435 g/mol. The molecule has 1 aromatic rings. The topological polar surface area (TPSA) is 46.3 Å². The molecule has 0 radical (unpaired) electrons. The molecule has 0 aromatic heterocycles. The van der Waals surface area contributed by atoms with Crippen molar-refractivity contribution in [3.63, 3.8) is 0 Å². The molecule has 0 bridgehead atoms. The third-order valence-electron chi connectivity index (χ3n) is 7.48. The van der Waals surface area contributed by atoms with Crippen LogP contribution in [0.4, 0.5) is 11.4 Å². The van der Waals surface area contributed by atoms with E-state index in [1.54, 1.807) is 4.90 Å². The van der Waals surface area contributed by atoms with E-state index in [1.807, 2.05) is 13.8 Å². The molecule has 1 aromatic carbocycles. The Labute approximate surface area is 191 Å². The zero-order chi connectivity index (χ0) is 22.2. The number of Topliss-reactive ketones (excluding diaryl/α,β-unsaturated/α-hetero) is 1. The van der Waals surface area contributed by atoms with Crippen LogP contribution in [0.2, 0.25) is 0 Å². The Kier molecular flexibility index (Phi) is 5.93. The van der Waals surface area contributed by atoms with Crippen molar-refractivity contribution in [2.75, 3.05) is 31.1 Å². The second-order valence-corrected chi connectivity index (χ2v) is 9.95. The number of rotatable bonds is 6. The van der Waals surface area contributed by atoms with E-state index in [0.717, 1.165) is 68.3 Å². The van der Waals surface area contributed by atoms with Gasteiger partial charge in [0, 0.05) is 56.1 Å². The Balaban J connectivity index is 1.38. The fourth-order valence-electron chi connectivity index (χ4n) is 5.62. The van der Waals surface area contributed by atoms with Crippen LogP contribution < -0.4 is 14.5 Å². The van der Waals surface area contributed by atoms with Gasteiger partial charge in [-0.05, 0) is 49.5 Å². The fraction of sp³-hybridized carbons (Fsp3) is 0.556. The first-order chi connectivity index (χ1) is 15.5. The first-order valence-corrected chi connectivity index (χ1v) is 12.5. The SMILES string of the molecule is CCN1CCCc2cc3c(cc21)OC1=CC2C(=CC1=N3)CCC[NH+]2CCCC(=O)C(C)C. The fourth-order valence-corrected chi connectivity index (χ4v) is 5.62. The largest absolute Gasteiger partial charge is 0.453 e. The Bertz CT molecular complexity index is 1000. The van der Waals surface area contributed by atoms with E-state index in [4.69, 9.17) is 9.73 Å². The van der Waals surface area contributed by atoms with E-state index in [1.165, 1.54) is 29.7 Å². The Morgan fingerprint density at radius 3 is 2.97 bits per heavy atom. The molecule has 5 heteroatoms. The Morgan fingerprint density at radius 2 is 2.16 bits per heavy atom. The molecule has 32 heavy (non-hydrogen) atoms. The minimum absolute atomic E-state index is 0.141. The predicted octanol–water partition coefficient (Wildman–Crippen LogP) is 3.80. The van der Waals surface area contributed by atoms with Gasteiger partial charge in [-0.1, -0.05) is 13.8 Å². The lowest BCUT2D eigenvalue weighted by atomic mass is 9.88. The molecule has 5 rings (SSSR count). The number of carbonyl (C=O) groups excluding carboxylic acids is 1. The summed E-state index contributed by atoms with van der Waals surface area (Å²) in [5, 5.41) is 0. The number of nitrogens with one attached hydrogen (secondary N) is 1. The molecule has 1 aliphatic carbocycles. The molecule has 2 atom stereocenters. The number of nitrogens with zero attached hydrogens (tertiary/aromatic N) is 2. The van der Waals surface area contributed by atoms with Gasteiger partial charge in [-0.15, -0.1) is 0 Å². The van der Waals surface area contributed by atoms with Gasteiger partial charge in [0.15, 0.2) is 11.5 Å². The van der Waals surface area contributed by atoms with Crippen molar-refractivity contribution in [3.05, 3.63) is 41.2 Å². The van der Waals surface area contributed by atoms with Gasteiger partial charge in [0.05, 0.1) is 13.1 Å². The molecule has 4 aliphatic rings. The number of ether oxygens (including phenoxy) is 1. The van der Waals surface area contributed by atoms with Gasteiger partial charge in [0.2, 0.25) is 0 Å². The second kappa shape index (κ2) is 8.86. The maximum Gasteiger partial charge on any atom is 0.155 e. The minimum Gasteiger partial charge on any atom is -0.453 e. The molecule has 2 unspecified atom stereocenters. The molecule has 1 fully saturated rings. The van der Waals surface area contributed by atoms with Crippen LogP contribution in [0.1, 0.15) is 58.4 Å². The van der Waals surface area contributed by atoms with Crippen LogP contribution in [0.5, 0.6) is 5.75 Å². The number of likely N-dealkylation sites (tertiary alicyclic amines) is 1. The summed E-state index contributed by atoms with van der Waals surface area (Å²) in [4.78, 5) is 21.1. The number of allylic oxidation sites excluding steroid dienone is 1. The molecule has 0 spiro atoms. The van der Waals surface area contributed by atoms with Crippen LogP contribution in [0.3, 0.4) is 0 Å². The van der Waals surface area contributed by atoms with Crippen molar-refractivity contribution in [1.29, 1.82) is 0 Å². The van der Waals surface area contributed by atoms with Gasteiger partial charge < -0.3 is 14.5 Å². The van der Waals surface area contributed by atoms with Crippen LogP contribution in [-0.4, -0.2) is 43.7 Å². The van der Waals surface area contributed by atoms with E-state index in [2.05, 4.69) is 36.1 Å². The number of aliphatic imine (C=N–C) groups is 1. The Hall–Kier alpha value is -2.40. The van der Waals surface area contributed by atoms with Crippen molar-refractivity contribution in [3.8, 4) is 5.75 Å². The molecule has 170 valence electrons. The summed E-state index contributed by atoms with van der Waals surface area (Å²) in [7, 11) is 0. The molecular formula is C27H36N3O2+. The summed E-state index contributed by atoms with van der Waals surface area (Å²) >= 11 is 0. The maximum atomic E-state index is 12.0. The van der Waals surface area contributed by atoms with E-state index in [-0.39, 0.29) is 5.92 Å². The summed E-state index contributed by atoms with van der Waals surface area (Å²) in [6, 6.07) is 4.79. The lowest BCUT2D eigenvalue weighted by Gasteiger charge is -2.36. The van der Waals surface area contributed by atoms with Gasteiger partial charge in [0.25, 0.3) is 0 Å². The molecule has 5 nitrogen and oxygen atoms in total. The standard InChI is InChI=1S/C27H35N3O2/c1-4-29-11-5-8-19-14-21-26(16-23(19)29)32-27-17-24-20(15-22(27)28-21)9-6-12-30(24)13-7-10-25(31)18(2)3/h14-18,24H,4-13H2,1-3H3/p+1. The maximum absolute atomic E-state index is 12.0. The van der Waals surface area contributed by atoms with Crippen LogP contribution in [-0.2, 0) is 11.2 Å². The molecule has 0 saturated carbocycles. The minimum atomic E-state index is 0.141. The van der Waals surface area contributed by atoms with E-state index in [9.17, 15) is 4.79 Å². The lowest BCUT2D eigenvalue weighted by Crippen LogP contribution is -3.16. The predicted molar refractivity (Wildman–Crippen MR) is 129 cm³/mol. The quantitative estimate of drug-likeness (QED) is 0.741. The average Bonchev–Trinajstić information content (AvgIpc) is 2.79. The van der Waals surface area contributed by atoms with Gasteiger partial charge in [-0.2, -0.15) is 0 Å². The summed E-state index contributed by atoms with van der Waals surface area (Å²) in [5.74, 6) is 2.31. The molecule has 1 N–H and O–H groups in total. The number of hydrogen-bond acceptors (Lipinski definition) is 4. The van der Waals surface area contributed by atoms with Crippen molar-refractivity contribution >= 4 is 22.9 Å². The monoisotopic (exact) mass is 434 g/mol. The smallest absolute Gasteiger partial charge is 0.155 e. The zero-order valence-electron chi connectivity index (χ0n) is 19.7. The first kappa shape index (κ1) is 21.4. The molecule has 0 amide bonds. The molecule has 1 saturated heterocycles. The Morgan fingerprint density at radius 1 is 1.28 bits per heavy atom. The summed E-state index contributed by atoms with van der Waals surface area (Å²) in [6.45, 7) is 10.5. The van der Waals surface area contributed by atoms with Crippen molar-refractivity contribution in [1.82, 2.24) is 0 Å². The van der Waals surface area contributed by atoms with E-state index in [0.29, 0.717) is 18.2 Å². The number of fused-ring (bicyclic) bond motifs is 4. The van der Waals surface area contributed by atoms with Crippen LogP contribution in [0.25, 0.3) is 0 Å². The third kappa shape index (κ3) is 4.03. The molecule has 3 aliphatic heterocycles. The number of ketones is 1. The number of carbonyl (C=O) groups is 1. The summed E-state index contributed by atoms with van der Waals surface area (Å²) < 4.78 is 6.46. The number of quaternary nitrogens is 1. The van der Waals surface area contributed by atoms with E-state index >= 15 is 0 Å². The van der Waals surface area contributed by atoms with Gasteiger partial charge in [-0.25, -0.2) is 4.99 Å². The van der Waals surface area contributed by atoms with Crippen LogP contribution in [0, 0.1) is 5.92 Å². The highest BCUT2D eigenvalue weighted by Crippen LogP contribution is 2.42. The summed E-state index contributed by atoms with van der Waals surface area (Å²) in [5.41, 5.74) is 6.11.